The molecule has 1 aromatic heterocycles. The van der Waals surface area contributed by atoms with E-state index in [1.54, 1.807) is 0 Å². The number of imidazole rings is 1. The van der Waals surface area contributed by atoms with Crippen molar-refractivity contribution >= 4 is 16.9 Å². The highest BCUT2D eigenvalue weighted by Gasteiger charge is 2.26. The Labute approximate surface area is 128 Å². The van der Waals surface area contributed by atoms with Gasteiger partial charge in [-0.25, -0.2) is 4.79 Å². The topological polar surface area (TPSA) is 67.3 Å². The first-order chi connectivity index (χ1) is 10.7. The van der Waals surface area contributed by atoms with E-state index in [0.717, 1.165) is 30.5 Å². The number of nitrogens with one attached hydrogen (secondary N) is 1. The number of amides is 1. The zero-order valence-electron chi connectivity index (χ0n) is 12.7. The predicted molar refractivity (Wildman–Crippen MR) is 83.7 cm³/mol. The molecule has 1 N–H and O–H groups in total. The lowest BCUT2D eigenvalue weighted by Gasteiger charge is -2.17. The van der Waals surface area contributed by atoms with Gasteiger partial charge in [0.1, 0.15) is 6.54 Å². The van der Waals surface area contributed by atoms with E-state index in [4.69, 9.17) is 4.74 Å². The second-order valence-electron chi connectivity index (χ2n) is 5.69. The van der Waals surface area contributed by atoms with Gasteiger partial charge in [-0.2, -0.15) is 0 Å². The van der Waals surface area contributed by atoms with Gasteiger partial charge in [-0.3, -0.25) is 9.36 Å². The molecular formula is C16H21N3O3. The third kappa shape index (κ3) is 2.92. The van der Waals surface area contributed by atoms with E-state index in [-0.39, 0.29) is 18.1 Å². The molecule has 1 amide bonds. The van der Waals surface area contributed by atoms with Crippen LogP contribution in [0.25, 0.3) is 11.0 Å². The minimum absolute atomic E-state index is 0.00847. The number of likely N-dealkylation sites (tertiary alicyclic amines) is 1. The first kappa shape index (κ1) is 14.8. The number of carbonyl (C=O) groups is 1. The van der Waals surface area contributed by atoms with Crippen molar-refractivity contribution in [1.82, 2.24) is 14.5 Å². The lowest BCUT2D eigenvalue weighted by molar-refractivity contribution is -0.130. The van der Waals surface area contributed by atoms with Gasteiger partial charge >= 0.3 is 5.69 Å². The zero-order valence-corrected chi connectivity index (χ0v) is 12.7. The number of carbonyl (C=O) groups excluding carboxylic acids is 1. The lowest BCUT2D eigenvalue weighted by atomic mass is 10.1. The highest BCUT2D eigenvalue weighted by atomic mass is 16.5. The molecule has 2 heterocycles. The number of hydrogen-bond donors (Lipinski definition) is 1. The van der Waals surface area contributed by atoms with E-state index in [0.29, 0.717) is 19.1 Å². The molecule has 0 bridgehead atoms. The van der Waals surface area contributed by atoms with E-state index in [9.17, 15) is 9.59 Å². The maximum absolute atomic E-state index is 12.4. The number of H-pyrrole nitrogens is 1. The third-order valence-corrected chi connectivity index (χ3v) is 4.17. The van der Waals surface area contributed by atoms with Crippen molar-refractivity contribution in [1.29, 1.82) is 0 Å². The first-order valence-electron chi connectivity index (χ1n) is 7.72. The Hall–Kier alpha value is -2.08. The van der Waals surface area contributed by atoms with Gasteiger partial charge in [-0.05, 0) is 25.5 Å². The fourth-order valence-corrected chi connectivity index (χ4v) is 2.98. The Balaban J connectivity index is 1.69. The molecule has 1 fully saturated rings. The molecule has 1 saturated heterocycles. The van der Waals surface area contributed by atoms with E-state index < -0.39 is 0 Å². The van der Waals surface area contributed by atoms with Crippen molar-refractivity contribution in [3.63, 3.8) is 0 Å². The van der Waals surface area contributed by atoms with Crippen LogP contribution in [0.4, 0.5) is 0 Å². The minimum Gasteiger partial charge on any atom is -0.381 e. The molecule has 1 unspecified atom stereocenters. The number of hydrogen-bond acceptors (Lipinski definition) is 3. The van der Waals surface area contributed by atoms with Gasteiger partial charge in [-0.1, -0.05) is 12.1 Å². The van der Waals surface area contributed by atoms with Gasteiger partial charge in [0.15, 0.2) is 0 Å². The summed E-state index contributed by atoms with van der Waals surface area (Å²) in [5.74, 6) is 0.398. The predicted octanol–water partition coefficient (Wildman–Crippen LogP) is 1.21. The standard InChI is InChI=1S/C16H21N3O3/c1-2-22-11-12-7-8-18(9-12)15(20)10-19-14-6-4-3-5-13(14)17-16(19)21/h3-6,12H,2,7-11H2,1H3,(H,17,21). The molecule has 6 heteroatoms. The van der Waals surface area contributed by atoms with Crippen LogP contribution in [-0.2, 0) is 16.1 Å². The summed E-state index contributed by atoms with van der Waals surface area (Å²) in [6.45, 7) is 4.93. The van der Waals surface area contributed by atoms with Crippen LogP contribution < -0.4 is 5.69 Å². The molecule has 2 aromatic rings. The normalized spacial score (nSPS) is 18.2. The van der Waals surface area contributed by atoms with E-state index in [1.165, 1.54) is 4.57 Å². The number of fused-ring (bicyclic) bond motifs is 1. The maximum atomic E-state index is 12.4. The van der Waals surface area contributed by atoms with Crippen LogP contribution in [0.1, 0.15) is 13.3 Å². The fourth-order valence-electron chi connectivity index (χ4n) is 2.98. The monoisotopic (exact) mass is 303 g/mol. The minimum atomic E-state index is -0.236. The van der Waals surface area contributed by atoms with Crippen molar-refractivity contribution in [2.45, 2.75) is 19.9 Å². The molecule has 118 valence electrons. The van der Waals surface area contributed by atoms with Crippen LogP contribution in [0.15, 0.2) is 29.1 Å². The molecule has 1 aliphatic rings. The summed E-state index contributed by atoms with van der Waals surface area (Å²) in [6, 6.07) is 7.42. The van der Waals surface area contributed by atoms with Crippen LogP contribution in [0.3, 0.4) is 0 Å². The number of aromatic amines is 1. The number of rotatable bonds is 5. The Morgan fingerprint density at radius 2 is 2.23 bits per heavy atom. The lowest BCUT2D eigenvalue weighted by Crippen LogP contribution is -2.34. The zero-order chi connectivity index (χ0) is 15.5. The SMILES string of the molecule is CCOCC1CCN(C(=O)Cn2c(=O)[nH]c3ccccc32)C1. The second kappa shape index (κ2) is 6.36. The second-order valence-corrected chi connectivity index (χ2v) is 5.69. The van der Waals surface area contributed by atoms with E-state index in [1.807, 2.05) is 36.1 Å². The van der Waals surface area contributed by atoms with Crippen molar-refractivity contribution in [3.05, 3.63) is 34.7 Å². The molecule has 0 saturated carbocycles. The molecule has 0 aliphatic carbocycles. The fraction of sp³-hybridized carbons (Fsp3) is 0.500. The van der Waals surface area contributed by atoms with Crippen LogP contribution in [0.5, 0.6) is 0 Å². The Morgan fingerprint density at radius 3 is 3.05 bits per heavy atom. The largest absolute Gasteiger partial charge is 0.381 e. The van der Waals surface area contributed by atoms with Crippen LogP contribution in [0.2, 0.25) is 0 Å². The van der Waals surface area contributed by atoms with Crippen LogP contribution in [0, 0.1) is 5.92 Å². The first-order valence-corrected chi connectivity index (χ1v) is 7.72. The molecular weight excluding hydrogens is 282 g/mol. The summed E-state index contributed by atoms with van der Waals surface area (Å²) in [5, 5.41) is 0. The molecule has 0 radical (unpaired) electrons. The van der Waals surface area contributed by atoms with E-state index in [2.05, 4.69) is 4.98 Å². The summed E-state index contributed by atoms with van der Waals surface area (Å²) in [5.41, 5.74) is 1.29. The highest BCUT2D eigenvalue weighted by Crippen LogP contribution is 2.17. The summed E-state index contributed by atoms with van der Waals surface area (Å²) in [4.78, 5) is 29.1. The molecule has 0 spiro atoms. The van der Waals surface area contributed by atoms with Crippen LogP contribution >= 0.6 is 0 Å². The van der Waals surface area contributed by atoms with Crippen LogP contribution in [-0.4, -0.2) is 46.7 Å². The van der Waals surface area contributed by atoms with Gasteiger partial charge < -0.3 is 14.6 Å². The van der Waals surface area contributed by atoms with Crippen molar-refractivity contribution in [3.8, 4) is 0 Å². The quantitative estimate of drug-likeness (QED) is 0.903. The van der Waals surface area contributed by atoms with Gasteiger partial charge in [0.2, 0.25) is 5.91 Å². The highest BCUT2D eigenvalue weighted by molar-refractivity contribution is 5.80. The molecule has 1 aliphatic heterocycles. The van der Waals surface area contributed by atoms with Crippen molar-refractivity contribution < 1.29 is 9.53 Å². The van der Waals surface area contributed by atoms with Crippen molar-refractivity contribution in [2.75, 3.05) is 26.3 Å². The molecule has 22 heavy (non-hydrogen) atoms. The Bertz CT molecular complexity index is 719. The van der Waals surface area contributed by atoms with Gasteiger partial charge in [0.25, 0.3) is 0 Å². The summed E-state index contributed by atoms with van der Waals surface area (Å²) >= 11 is 0. The summed E-state index contributed by atoms with van der Waals surface area (Å²) in [7, 11) is 0. The number of aromatic nitrogens is 2. The maximum Gasteiger partial charge on any atom is 0.326 e. The van der Waals surface area contributed by atoms with Crippen molar-refractivity contribution in [2.24, 2.45) is 5.92 Å². The molecule has 1 aromatic carbocycles. The Kier molecular flexibility index (Phi) is 4.29. The summed E-state index contributed by atoms with van der Waals surface area (Å²) < 4.78 is 6.94. The average Bonchev–Trinajstić information content (AvgIpc) is 3.11. The summed E-state index contributed by atoms with van der Waals surface area (Å²) in [6.07, 6.45) is 0.967. The molecule has 1 atom stereocenters. The smallest absolute Gasteiger partial charge is 0.326 e. The number of nitrogens with zero attached hydrogens (tertiary/aromatic N) is 2. The number of para-hydroxylation sites is 2. The van der Waals surface area contributed by atoms with E-state index >= 15 is 0 Å². The van der Waals surface area contributed by atoms with Gasteiger partial charge in [0.05, 0.1) is 17.6 Å². The Morgan fingerprint density at radius 1 is 1.41 bits per heavy atom. The van der Waals surface area contributed by atoms with Gasteiger partial charge in [-0.15, -0.1) is 0 Å². The number of benzene rings is 1. The number of ether oxygens (including phenoxy) is 1. The molecule has 6 nitrogen and oxygen atoms in total. The average molecular weight is 303 g/mol. The third-order valence-electron chi connectivity index (χ3n) is 4.17. The van der Waals surface area contributed by atoms with Gasteiger partial charge in [0, 0.05) is 25.6 Å². The molecule has 3 rings (SSSR count).